The minimum atomic E-state index is -1.15. The van der Waals surface area contributed by atoms with Gasteiger partial charge in [-0.2, -0.15) is 0 Å². The van der Waals surface area contributed by atoms with Crippen LogP contribution in [0, 0.1) is 9.49 Å². The standard InChI is InChI=1S/C12H10INO4/c1-6-4-10(15)14(11(6)16)9-3-2-7(13)5-8(9)12(17)18/h2-3,5-6H,4H2,1H3,(H,17,18)/t6-/m0/s1. The Morgan fingerprint density at radius 3 is 2.61 bits per heavy atom. The Kier molecular flexibility index (Phi) is 3.38. The van der Waals surface area contributed by atoms with Gasteiger partial charge < -0.3 is 5.11 Å². The number of halogens is 1. The van der Waals surface area contributed by atoms with Crippen LogP contribution in [-0.2, 0) is 9.59 Å². The lowest BCUT2D eigenvalue weighted by Gasteiger charge is -2.17. The van der Waals surface area contributed by atoms with Crippen LogP contribution in [0.5, 0.6) is 0 Å². The third kappa shape index (κ3) is 2.12. The number of benzene rings is 1. The van der Waals surface area contributed by atoms with E-state index in [4.69, 9.17) is 5.11 Å². The number of anilines is 1. The number of carbonyl (C=O) groups is 3. The summed E-state index contributed by atoms with van der Waals surface area (Å²) >= 11 is 1.98. The molecule has 1 N–H and O–H groups in total. The van der Waals surface area contributed by atoms with Crippen molar-refractivity contribution in [2.75, 3.05) is 4.90 Å². The average molecular weight is 359 g/mol. The first-order valence-corrected chi connectivity index (χ1v) is 6.39. The van der Waals surface area contributed by atoms with Crippen molar-refractivity contribution >= 4 is 46.1 Å². The van der Waals surface area contributed by atoms with Crippen LogP contribution in [0.2, 0.25) is 0 Å². The van der Waals surface area contributed by atoms with E-state index in [1.807, 2.05) is 22.6 Å². The SMILES string of the molecule is C[C@H]1CC(=O)N(c2ccc(I)cc2C(=O)O)C1=O. The van der Waals surface area contributed by atoms with Crippen molar-refractivity contribution in [1.29, 1.82) is 0 Å². The molecule has 0 radical (unpaired) electrons. The fraction of sp³-hybridized carbons (Fsp3) is 0.250. The van der Waals surface area contributed by atoms with Gasteiger partial charge in [-0.1, -0.05) is 6.92 Å². The molecule has 1 aliphatic rings. The molecule has 0 aromatic heterocycles. The molecular weight excluding hydrogens is 349 g/mol. The summed E-state index contributed by atoms with van der Waals surface area (Å²) in [5.74, 6) is -2.23. The van der Waals surface area contributed by atoms with E-state index in [2.05, 4.69) is 0 Å². The minimum Gasteiger partial charge on any atom is -0.478 e. The molecule has 2 rings (SSSR count). The van der Waals surface area contributed by atoms with E-state index in [0.29, 0.717) is 0 Å². The van der Waals surface area contributed by atoms with Gasteiger partial charge in [0.1, 0.15) is 0 Å². The van der Waals surface area contributed by atoms with Crippen molar-refractivity contribution in [3.8, 4) is 0 Å². The number of carboxylic acid groups (broad SMARTS) is 1. The number of carbonyl (C=O) groups excluding carboxylic acids is 2. The molecule has 6 heteroatoms. The molecule has 5 nitrogen and oxygen atoms in total. The van der Waals surface area contributed by atoms with Gasteiger partial charge in [0.2, 0.25) is 11.8 Å². The molecular formula is C12H10INO4. The summed E-state index contributed by atoms with van der Waals surface area (Å²) in [5.41, 5.74) is 0.125. The minimum absolute atomic E-state index is 0.0299. The lowest BCUT2D eigenvalue weighted by Crippen LogP contribution is -2.31. The van der Waals surface area contributed by atoms with Crippen LogP contribution in [0.4, 0.5) is 5.69 Å². The van der Waals surface area contributed by atoms with E-state index < -0.39 is 11.9 Å². The largest absolute Gasteiger partial charge is 0.478 e. The fourth-order valence-electron chi connectivity index (χ4n) is 1.91. The lowest BCUT2D eigenvalue weighted by molar-refractivity contribution is -0.122. The number of amides is 2. The third-order valence-electron chi connectivity index (χ3n) is 2.80. The van der Waals surface area contributed by atoms with E-state index >= 15 is 0 Å². The number of rotatable bonds is 2. The molecule has 0 aliphatic carbocycles. The van der Waals surface area contributed by atoms with Crippen LogP contribution >= 0.6 is 22.6 Å². The van der Waals surface area contributed by atoms with E-state index in [1.54, 1.807) is 13.0 Å². The van der Waals surface area contributed by atoms with Crippen molar-refractivity contribution in [1.82, 2.24) is 0 Å². The number of carboxylic acids is 1. The van der Waals surface area contributed by atoms with E-state index in [-0.39, 0.29) is 29.5 Å². The molecule has 0 unspecified atom stereocenters. The highest BCUT2D eigenvalue weighted by molar-refractivity contribution is 14.1. The zero-order valence-corrected chi connectivity index (χ0v) is 11.7. The van der Waals surface area contributed by atoms with Gasteiger partial charge in [0.05, 0.1) is 11.3 Å². The zero-order chi connectivity index (χ0) is 13.4. The van der Waals surface area contributed by atoms with Crippen LogP contribution in [0.15, 0.2) is 18.2 Å². The van der Waals surface area contributed by atoms with Gasteiger partial charge in [-0.25, -0.2) is 9.69 Å². The highest BCUT2D eigenvalue weighted by Gasteiger charge is 2.38. The fourth-order valence-corrected chi connectivity index (χ4v) is 2.40. The maximum atomic E-state index is 11.9. The quantitative estimate of drug-likeness (QED) is 0.647. The second-order valence-electron chi connectivity index (χ2n) is 4.14. The van der Waals surface area contributed by atoms with Crippen LogP contribution in [0.25, 0.3) is 0 Å². The van der Waals surface area contributed by atoms with Crippen molar-refractivity contribution in [3.05, 3.63) is 27.3 Å². The second kappa shape index (κ2) is 4.68. The normalized spacial score (nSPS) is 19.4. The Morgan fingerprint density at radius 2 is 2.11 bits per heavy atom. The van der Waals surface area contributed by atoms with Crippen molar-refractivity contribution in [2.45, 2.75) is 13.3 Å². The van der Waals surface area contributed by atoms with Gasteiger partial charge in [-0.15, -0.1) is 0 Å². The monoisotopic (exact) mass is 359 g/mol. The summed E-state index contributed by atoms with van der Waals surface area (Å²) in [4.78, 5) is 35.8. The molecule has 1 atom stereocenters. The number of imide groups is 1. The number of nitrogens with zero attached hydrogens (tertiary/aromatic N) is 1. The van der Waals surface area contributed by atoms with Gasteiger partial charge in [0.15, 0.2) is 0 Å². The molecule has 2 amide bonds. The summed E-state index contributed by atoms with van der Waals surface area (Å²) in [6, 6.07) is 4.62. The number of hydrogen-bond donors (Lipinski definition) is 1. The van der Waals surface area contributed by atoms with E-state index in [9.17, 15) is 14.4 Å². The summed E-state index contributed by atoms with van der Waals surface area (Å²) in [6.45, 7) is 1.66. The summed E-state index contributed by atoms with van der Waals surface area (Å²) < 4.78 is 0.737. The molecule has 1 aromatic rings. The maximum absolute atomic E-state index is 11.9. The van der Waals surface area contributed by atoms with Crippen molar-refractivity contribution < 1.29 is 19.5 Å². The van der Waals surface area contributed by atoms with Gasteiger partial charge in [0, 0.05) is 15.9 Å². The molecule has 1 aromatic carbocycles. The molecule has 0 saturated carbocycles. The topological polar surface area (TPSA) is 74.7 Å². The zero-order valence-electron chi connectivity index (χ0n) is 9.51. The predicted molar refractivity (Wildman–Crippen MR) is 72.4 cm³/mol. The Hall–Kier alpha value is -1.44. The Labute approximate surface area is 117 Å². The van der Waals surface area contributed by atoms with Gasteiger partial charge in [0.25, 0.3) is 0 Å². The molecule has 18 heavy (non-hydrogen) atoms. The summed E-state index contributed by atoms with van der Waals surface area (Å²) in [5, 5.41) is 9.14. The molecule has 94 valence electrons. The highest BCUT2D eigenvalue weighted by atomic mass is 127. The Balaban J connectivity index is 2.55. The van der Waals surface area contributed by atoms with Crippen LogP contribution in [0.3, 0.4) is 0 Å². The van der Waals surface area contributed by atoms with Crippen molar-refractivity contribution in [3.63, 3.8) is 0 Å². The van der Waals surface area contributed by atoms with Crippen LogP contribution < -0.4 is 4.90 Å². The number of hydrogen-bond acceptors (Lipinski definition) is 3. The maximum Gasteiger partial charge on any atom is 0.337 e. The molecule has 1 aliphatic heterocycles. The average Bonchev–Trinajstić information content (AvgIpc) is 2.54. The molecule has 1 heterocycles. The van der Waals surface area contributed by atoms with Crippen LogP contribution in [-0.4, -0.2) is 22.9 Å². The smallest absolute Gasteiger partial charge is 0.337 e. The van der Waals surface area contributed by atoms with Crippen LogP contribution in [0.1, 0.15) is 23.7 Å². The summed E-state index contributed by atoms with van der Waals surface area (Å²) in [6.07, 6.45) is 0.129. The second-order valence-corrected chi connectivity index (χ2v) is 5.38. The van der Waals surface area contributed by atoms with Gasteiger partial charge in [-0.3, -0.25) is 9.59 Å². The Bertz CT molecular complexity index is 555. The first-order valence-electron chi connectivity index (χ1n) is 5.31. The summed E-state index contributed by atoms with van der Waals surface area (Å²) in [7, 11) is 0. The molecule has 1 fully saturated rings. The van der Waals surface area contributed by atoms with Gasteiger partial charge in [-0.05, 0) is 40.8 Å². The van der Waals surface area contributed by atoms with E-state index in [1.165, 1.54) is 12.1 Å². The van der Waals surface area contributed by atoms with Gasteiger partial charge >= 0.3 is 5.97 Å². The molecule has 0 spiro atoms. The van der Waals surface area contributed by atoms with E-state index in [0.717, 1.165) is 8.47 Å². The lowest BCUT2D eigenvalue weighted by atomic mass is 10.1. The first kappa shape index (κ1) is 13.0. The highest BCUT2D eigenvalue weighted by Crippen LogP contribution is 2.30. The Morgan fingerprint density at radius 1 is 1.44 bits per heavy atom. The molecule has 0 bridgehead atoms. The van der Waals surface area contributed by atoms with Crippen molar-refractivity contribution in [2.24, 2.45) is 5.92 Å². The predicted octanol–water partition coefficient (Wildman–Crippen LogP) is 1.89. The first-order chi connectivity index (χ1) is 8.41. The number of aromatic carboxylic acids is 1. The molecule has 1 saturated heterocycles. The third-order valence-corrected chi connectivity index (χ3v) is 3.47.